The van der Waals surface area contributed by atoms with Crippen LogP contribution >= 0.6 is 0 Å². The first kappa shape index (κ1) is 21.7. The molecule has 1 aliphatic heterocycles. The summed E-state index contributed by atoms with van der Waals surface area (Å²) in [5.41, 5.74) is -0.189. The van der Waals surface area contributed by atoms with Gasteiger partial charge in [0.25, 0.3) is 5.56 Å². The summed E-state index contributed by atoms with van der Waals surface area (Å²) in [6.07, 6.45) is 6.29. The molecule has 0 saturated heterocycles. The molecule has 1 atom stereocenters. The number of halogens is 1. The van der Waals surface area contributed by atoms with Crippen molar-refractivity contribution in [1.29, 1.82) is 0 Å². The largest absolute Gasteiger partial charge is 0.416 e. The van der Waals surface area contributed by atoms with Crippen molar-refractivity contribution in [3.63, 3.8) is 0 Å². The molecular weight excluding hydrogens is 455 g/mol. The van der Waals surface area contributed by atoms with Crippen molar-refractivity contribution in [3.05, 3.63) is 45.1 Å². The van der Waals surface area contributed by atoms with E-state index >= 15 is 0 Å². The van der Waals surface area contributed by atoms with Crippen molar-refractivity contribution in [1.82, 2.24) is 19.0 Å². The van der Waals surface area contributed by atoms with Crippen molar-refractivity contribution in [2.75, 3.05) is 17.2 Å². The molecule has 3 aliphatic carbocycles. The first-order chi connectivity index (χ1) is 17.0. The molecule has 11 heteroatoms. The van der Waals surface area contributed by atoms with Crippen LogP contribution in [0.15, 0.2) is 27.9 Å². The maximum Gasteiger partial charge on any atom is 0.416 e. The summed E-state index contributed by atoms with van der Waals surface area (Å²) in [5.74, 6) is 6.06. The number of anilines is 2. The molecule has 2 aromatic rings. The monoisotopic (exact) mass is 480 g/mol. The first-order valence-electron chi connectivity index (χ1n) is 12.0. The molecule has 3 saturated carbocycles. The highest BCUT2D eigenvalue weighted by molar-refractivity contribution is 5.73. The number of pyridine rings is 1. The zero-order valence-corrected chi connectivity index (χ0v) is 19.0. The second-order valence-electron chi connectivity index (χ2n) is 9.45. The smallest absolute Gasteiger partial charge is 0.409 e. The van der Waals surface area contributed by atoms with Crippen LogP contribution in [0.1, 0.15) is 57.0 Å². The second kappa shape index (κ2) is 8.45. The summed E-state index contributed by atoms with van der Waals surface area (Å²) in [6, 6.07) is 2.59. The van der Waals surface area contributed by atoms with Crippen molar-refractivity contribution in [3.8, 4) is 17.6 Å². The van der Waals surface area contributed by atoms with Gasteiger partial charge in [0.2, 0.25) is 5.95 Å². The Bertz CT molecular complexity index is 1350. The van der Waals surface area contributed by atoms with Gasteiger partial charge in [-0.3, -0.25) is 18.8 Å². The Morgan fingerprint density at radius 3 is 2.49 bits per heavy atom. The average Bonchev–Trinajstić information content (AvgIpc) is 3.73. The quantitative estimate of drug-likeness (QED) is 0.500. The van der Waals surface area contributed by atoms with E-state index in [2.05, 4.69) is 27.5 Å². The van der Waals surface area contributed by atoms with Gasteiger partial charge in [0.05, 0.1) is 12.7 Å². The first-order valence-corrected chi connectivity index (χ1v) is 12.0. The van der Waals surface area contributed by atoms with Gasteiger partial charge in [0, 0.05) is 18.1 Å². The maximum atomic E-state index is 13.0. The lowest BCUT2D eigenvalue weighted by Crippen LogP contribution is -2.45. The summed E-state index contributed by atoms with van der Waals surface area (Å²) >= 11 is 0. The number of carbonyl (C=O) groups is 1. The number of nitrogens with one attached hydrogen (secondary N) is 2. The zero-order valence-electron chi connectivity index (χ0n) is 19.0. The number of aromatic nitrogens is 3. The highest BCUT2D eigenvalue weighted by Crippen LogP contribution is 2.40. The minimum atomic E-state index is -0.653. The van der Waals surface area contributed by atoms with Gasteiger partial charge < -0.3 is 15.4 Å². The minimum absolute atomic E-state index is 0.0180. The number of hydrogen-bond acceptors (Lipinski definition) is 7. The molecular formula is C24H25FN6O4. The van der Waals surface area contributed by atoms with Gasteiger partial charge in [0.1, 0.15) is 11.5 Å². The molecule has 0 bridgehead atoms. The number of nitrogens with zero attached hydrogens (tertiary/aromatic N) is 4. The molecule has 3 heterocycles. The summed E-state index contributed by atoms with van der Waals surface area (Å²) in [7, 11) is 0. The van der Waals surface area contributed by atoms with Crippen molar-refractivity contribution < 1.29 is 13.9 Å². The molecule has 2 N–H and O–H groups in total. The van der Waals surface area contributed by atoms with Gasteiger partial charge >= 0.3 is 11.8 Å². The van der Waals surface area contributed by atoms with Crippen LogP contribution in [-0.4, -0.2) is 43.9 Å². The predicted octanol–water partition coefficient (Wildman–Crippen LogP) is 2.43. The summed E-state index contributed by atoms with van der Waals surface area (Å²) in [5, 5.41) is 6.31. The molecule has 1 unspecified atom stereocenters. The fourth-order valence-electron chi connectivity index (χ4n) is 4.48. The highest BCUT2D eigenvalue weighted by atomic mass is 19.1. The Hall–Kier alpha value is -3.81. The Balaban J connectivity index is 1.19. The van der Waals surface area contributed by atoms with Crippen molar-refractivity contribution in [2.24, 2.45) is 0 Å². The number of ether oxygens (including phenoxy) is 1. The second-order valence-corrected chi connectivity index (χ2v) is 9.45. The molecule has 35 heavy (non-hydrogen) atoms. The van der Waals surface area contributed by atoms with E-state index in [9.17, 15) is 18.8 Å². The average molecular weight is 481 g/mol. The van der Waals surface area contributed by atoms with Crippen LogP contribution in [0.25, 0.3) is 0 Å². The van der Waals surface area contributed by atoms with E-state index < -0.39 is 18.2 Å². The fourth-order valence-corrected chi connectivity index (χ4v) is 4.48. The lowest BCUT2D eigenvalue weighted by molar-refractivity contribution is 0.112. The third-order valence-electron chi connectivity index (χ3n) is 6.87. The summed E-state index contributed by atoms with van der Waals surface area (Å²) in [4.78, 5) is 43.8. The fraction of sp³-hybridized carbons (Fsp3) is 0.500. The molecule has 0 radical (unpaired) electrons. The van der Waals surface area contributed by atoms with E-state index in [0.29, 0.717) is 11.5 Å². The van der Waals surface area contributed by atoms with E-state index in [1.807, 2.05) is 0 Å². The Morgan fingerprint density at radius 1 is 1.11 bits per heavy atom. The van der Waals surface area contributed by atoms with E-state index in [1.165, 1.54) is 10.6 Å². The van der Waals surface area contributed by atoms with Crippen LogP contribution < -0.4 is 26.6 Å². The lowest BCUT2D eigenvalue weighted by Gasteiger charge is -2.35. The molecule has 0 spiro atoms. The van der Waals surface area contributed by atoms with E-state index in [0.717, 1.165) is 57.2 Å². The standard InChI is InChI=1S/C24H25FN6O4/c25-18-11-10-17(13-26-18)35-24(34)29(14-3-1-4-14)12-2-5-19-27-20-21(28-19)30(15-6-7-15)23(33)31(22(20)32)16-8-9-16/h10-11,13-16,19,27-28H,1,3-4,6-9,12H2. The third-order valence-corrected chi connectivity index (χ3v) is 6.87. The number of fused-ring (bicyclic) bond motifs is 1. The van der Waals surface area contributed by atoms with E-state index in [1.54, 1.807) is 9.47 Å². The topological polar surface area (TPSA) is 110 Å². The third kappa shape index (κ3) is 4.13. The van der Waals surface area contributed by atoms with Gasteiger partial charge in [-0.2, -0.15) is 4.39 Å². The van der Waals surface area contributed by atoms with Crippen LogP contribution in [0, 0.1) is 17.8 Å². The van der Waals surface area contributed by atoms with Crippen LogP contribution in [0.2, 0.25) is 0 Å². The molecule has 4 aliphatic rings. The van der Waals surface area contributed by atoms with Crippen molar-refractivity contribution in [2.45, 2.75) is 69.2 Å². The number of rotatable bonds is 5. The minimum Gasteiger partial charge on any atom is -0.409 e. The molecule has 10 nitrogen and oxygen atoms in total. The maximum absolute atomic E-state index is 13.0. The normalized spacial score (nSPS) is 20.5. The van der Waals surface area contributed by atoms with Crippen LogP contribution in [0.5, 0.6) is 5.75 Å². The molecule has 6 rings (SSSR count). The summed E-state index contributed by atoms with van der Waals surface area (Å²) in [6.45, 7) is 0.135. The van der Waals surface area contributed by atoms with Crippen LogP contribution in [-0.2, 0) is 0 Å². The number of carbonyl (C=O) groups excluding carboxylic acids is 1. The van der Waals surface area contributed by atoms with Crippen LogP contribution in [0.4, 0.5) is 20.7 Å². The summed E-state index contributed by atoms with van der Waals surface area (Å²) < 4.78 is 21.5. The van der Waals surface area contributed by atoms with Gasteiger partial charge in [-0.05, 0) is 57.1 Å². The Labute approximate surface area is 200 Å². The van der Waals surface area contributed by atoms with Gasteiger partial charge in [0.15, 0.2) is 11.9 Å². The Morgan fingerprint density at radius 2 is 1.86 bits per heavy atom. The van der Waals surface area contributed by atoms with Gasteiger partial charge in [-0.1, -0.05) is 11.8 Å². The van der Waals surface area contributed by atoms with E-state index in [4.69, 9.17) is 4.74 Å². The van der Waals surface area contributed by atoms with E-state index in [-0.39, 0.29) is 41.7 Å². The SMILES string of the molecule is O=C(Oc1ccc(F)nc1)N(CC#CC1Nc2c(n(C3CC3)c(=O)n(C3CC3)c2=O)N1)C1CCC1. The number of hydrogen-bond donors (Lipinski definition) is 2. The van der Waals surface area contributed by atoms with Gasteiger partial charge in [-0.15, -0.1) is 0 Å². The zero-order chi connectivity index (χ0) is 24.1. The van der Waals surface area contributed by atoms with Crippen molar-refractivity contribution >= 4 is 17.6 Å². The molecule has 1 amide bonds. The highest BCUT2D eigenvalue weighted by Gasteiger charge is 2.38. The lowest BCUT2D eigenvalue weighted by atomic mass is 9.92. The molecule has 182 valence electrons. The molecule has 3 fully saturated rings. The molecule has 2 aromatic heterocycles. The Kier molecular flexibility index (Phi) is 5.24. The van der Waals surface area contributed by atoms with Gasteiger partial charge in [-0.25, -0.2) is 14.6 Å². The predicted molar refractivity (Wildman–Crippen MR) is 125 cm³/mol. The molecule has 0 aromatic carbocycles. The number of amides is 1. The van der Waals surface area contributed by atoms with Crippen LogP contribution in [0.3, 0.4) is 0 Å².